The summed E-state index contributed by atoms with van der Waals surface area (Å²) in [5.74, 6) is 0. The number of aliphatic hydroxyl groups is 1. The van der Waals surface area contributed by atoms with E-state index in [9.17, 15) is 4.79 Å². The van der Waals surface area contributed by atoms with Gasteiger partial charge in [-0.05, 0) is 28.9 Å². The lowest BCUT2D eigenvalue weighted by Crippen LogP contribution is -2.42. The number of aromatic amines is 1. The molecule has 2 heterocycles. The fourth-order valence-corrected chi connectivity index (χ4v) is 2.72. The molecule has 0 aromatic carbocycles. The number of urea groups is 1. The van der Waals surface area contributed by atoms with Crippen LogP contribution in [0, 0.1) is 0 Å². The molecule has 0 saturated carbocycles. The average Bonchev–Trinajstić information content (AvgIpc) is 3.04. The summed E-state index contributed by atoms with van der Waals surface area (Å²) in [6.45, 7) is 3.68. The van der Waals surface area contributed by atoms with Crippen LogP contribution in [0.15, 0.2) is 10.7 Å². The van der Waals surface area contributed by atoms with Crippen molar-refractivity contribution in [3.63, 3.8) is 0 Å². The maximum absolute atomic E-state index is 11.9. The summed E-state index contributed by atoms with van der Waals surface area (Å²) < 4.78 is 6.52. The Kier molecular flexibility index (Phi) is 5.00. The molecule has 0 aliphatic carbocycles. The Morgan fingerprint density at radius 3 is 3.15 bits per heavy atom. The number of amides is 2. The number of hydrogen-bond acceptors (Lipinski definition) is 4. The van der Waals surface area contributed by atoms with Crippen LogP contribution in [-0.2, 0) is 10.3 Å². The molecule has 0 bridgehead atoms. The van der Waals surface area contributed by atoms with Crippen molar-refractivity contribution in [3.05, 3.63) is 16.4 Å². The molecule has 1 aromatic rings. The first-order valence-electron chi connectivity index (χ1n) is 6.60. The quantitative estimate of drug-likeness (QED) is 0.735. The molecule has 7 nitrogen and oxygen atoms in total. The minimum Gasteiger partial charge on any atom is -0.394 e. The molecule has 2 amide bonds. The largest absolute Gasteiger partial charge is 0.394 e. The predicted molar refractivity (Wildman–Crippen MR) is 76.3 cm³/mol. The second kappa shape index (κ2) is 6.55. The summed E-state index contributed by atoms with van der Waals surface area (Å²) in [5.41, 5.74) is 0.178. The summed E-state index contributed by atoms with van der Waals surface area (Å²) in [6, 6.07) is 1.75. The zero-order chi connectivity index (χ0) is 14.6. The van der Waals surface area contributed by atoms with Gasteiger partial charge in [0.1, 0.15) is 10.2 Å². The molecule has 1 unspecified atom stereocenters. The summed E-state index contributed by atoms with van der Waals surface area (Å²) in [4.78, 5) is 13.6. The number of aromatic nitrogens is 2. The third-order valence-electron chi connectivity index (χ3n) is 3.35. The molecular formula is C12H19BrN4O3. The standard InChI is InChI=1S/C12H19BrN4O3/c1-2-14-11(19)17-4-3-12(8-17,20-6-5-18)9-7-10(13)16-15-9/h7,18H,2-6,8H2,1H3,(H,14,19)(H,15,16). The average molecular weight is 347 g/mol. The first-order chi connectivity index (χ1) is 9.61. The van der Waals surface area contributed by atoms with Crippen molar-refractivity contribution in [1.29, 1.82) is 0 Å². The van der Waals surface area contributed by atoms with Gasteiger partial charge in [-0.1, -0.05) is 0 Å². The fraction of sp³-hybridized carbons (Fsp3) is 0.667. The summed E-state index contributed by atoms with van der Waals surface area (Å²) in [7, 11) is 0. The Morgan fingerprint density at radius 1 is 1.75 bits per heavy atom. The summed E-state index contributed by atoms with van der Waals surface area (Å²) >= 11 is 3.30. The Balaban J connectivity index is 2.16. The van der Waals surface area contributed by atoms with Gasteiger partial charge in [0.05, 0.1) is 25.5 Å². The minimum atomic E-state index is -0.632. The van der Waals surface area contributed by atoms with Gasteiger partial charge in [-0.2, -0.15) is 5.10 Å². The number of likely N-dealkylation sites (tertiary alicyclic amines) is 1. The van der Waals surface area contributed by atoms with Crippen LogP contribution in [0.1, 0.15) is 19.0 Å². The van der Waals surface area contributed by atoms with Crippen molar-refractivity contribution in [3.8, 4) is 0 Å². The molecule has 0 spiro atoms. The number of H-pyrrole nitrogens is 1. The van der Waals surface area contributed by atoms with Gasteiger partial charge in [-0.25, -0.2) is 4.79 Å². The number of nitrogens with zero attached hydrogens (tertiary/aromatic N) is 2. The van der Waals surface area contributed by atoms with E-state index in [0.717, 1.165) is 5.69 Å². The van der Waals surface area contributed by atoms with Gasteiger partial charge in [0.25, 0.3) is 0 Å². The normalized spacial score (nSPS) is 22.2. The van der Waals surface area contributed by atoms with E-state index in [0.29, 0.717) is 30.7 Å². The van der Waals surface area contributed by atoms with E-state index >= 15 is 0 Å². The Morgan fingerprint density at radius 2 is 2.55 bits per heavy atom. The molecule has 1 aliphatic heterocycles. The van der Waals surface area contributed by atoms with Gasteiger partial charge in [0.15, 0.2) is 0 Å². The number of hydrogen-bond donors (Lipinski definition) is 3. The zero-order valence-electron chi connectivity index (χ0n) is 11.4. The molecule has 1 atom stereocenters. The Labute approximate surface area is 125 Å². The first kappa shape index (κ1) is 15.3. The minimum absolute atomic E-state index is 0.0573. The summed E-state index contributed by atoms with van der Waals surface area (Å²) in [5, 5.41) is 18.8. The summed E-state index contributed by atoms with van der Waals surface area (Å²) in [6.07, 6.45) is 0.665. The number of carbonyl (C=O) groups excluding carboxylic acids is 1. The Bertz CT molecular complexity index is 467. The lowest BCUT2D eigenvalue weighted by Gasteiger charge is -2.28. The van der Waals surface area contributed by atoms with Gasteiger partial charge < -0.3 is 20.1 Å². The topological polar surface area (TPSA) is 90.5 Å². The smallest absolute Gasteiger partial charge is 0.317 e. The molecular weight excluding hydrogens is 328 g/mol. The first-order valence-corrected chi connectivity index (χ1v) is 7.39. The van der Waals surface area contributed by atoms with E-state index in [1.807, 2.05) is 13.0 Å². The van der Waals surface area contributed by atoms with Gasteiger partial charge in [-0.15, -0.1) is 0 Å². The predicted octanol–water partition coefficient (Wildman–Crippen LogP) is 0.812. The van der Waals surface area contributed by atoms with Crippen LogP contribution < -0.4 is 5.32 Å². The van der Waals surface area contributed by atoms with Gasteiger partial charge in [-0.3, -0.25) is 5.10 Å². The highest BCUT2D eigenvalue weighted by Crippen LogP contribution is 2.35. The van der Waals surface area contributed by atoms with Crippen LogP contribution in [0.2, 0.25) is 0 Å². The number of rotatable bonds is 5. The number of aliphatic hydroxyl groups excluding tert-OH is 1. The van der Waals surface area contributed by atoms with E-state index in [2.05, 4.69) is 31.4 Å². The van der Waals surface area contributed by atoms with Gasteiger partial charge in [0.2, 0.25) is 0 Å². The number of nitrogens with one attached hydrogen (secondary N) is 2. The molecule has 20 heavy (non-hydrogen) atoms. The van der Waals surface area contributed by atoms with E-state index in [-0.39, 0.29) is 19.2 Å². The number of halogens is 1. The molecule has 1 aliphatic rings. The molecule has 1 aromatic heterocycles. The maximum atomic E-state index is 11.9. The second-order valence-electron chi connectivity index (χ2n) is 4.68. The van der Waals surface area contributed by atoms with E-state index in [4.69, 9.17) is 9.84 Å². The van der Waals surface area contributed by atoms with Crippen molar-refractivity contribution in [1.82, 2.24) is 20.4 Å². The number of carbonyl (C=O) groups is 1. The second-order valence-corrected chi connectivity index (χ2v) is 5.49. The third-order valence-corrected chi connectivity index (χ3v) is 3.76. The molecule has 1 saturated heterocycles. The number of ether oxygens (including phenoxy) is 1. The van der Waals surface area contributed by atoms with Crippen LogP contribution in [0.3, 0.4) is 0 Å². The third kappa shape index (κ3) is 3.13. The lowest BCUT2D eigenvalue weighted by atomic mass is 9.99. The van der Waals surface area contributed by atoms with Crippen molar-refractivity contribution < 1.29 is 14.6 Å². The van der Waals surface area contributed by atoms with Gasteiger partial charge >= 0.3 is 6.03 Å². The van der Waals surface area contributed by atoms with E-state index in [1.165, 1.54) is 0 Å². The highest BCUT2D eigenvalue weighted by molar-refractivity contribution is 9.10. The van der Waals surface area contributed by atoms with Crippen LogP contribution >= 0.6 is 15.9 Å². The molecule has 3 N–H and O–H groups in total. The molecule has 8 heteroatoms. The van der Waals surface area contributed by atoms with Crippen molar-refractivity contribution in [2.75, 3.05) is 32.8 Å². The van der Waals surface area contributed by atoms with Crippen molar-refractivity contribution in [2.24, 2.45) is 0 Å². The van der Waals surface area contributed by atoms with E-state index < -0.39 is 5.60 Å². The fourth-order valence-electron chi connectivity index (χ4n) is 2.41. The van der Waals surface area contributed by atoms with Crippen molar-refractivity contribution in [2.45, 2.75) is 18.9 Å². The highest BCUT2D eigenvalue weighted by atomic mass is 79.9. The highest BCUT2D eigenvalue weighted by Gasteiger charge is 2.43. The molecule has 112 valence electrons. The van der Waals surface area contributed by atoms with Crippen LogP contribution in [-0.4, -0.2) is 59.1 Å². The van der Waals surface area contributed by atoms with Crippen molar-refractivity contribution >= 4 is 22.0 Å². The maximum Gasteiger partial charge on any atom is 0.317 e. The molecule has 0 radical (unpaired) electrons. The SMILES string of the molecule is CCNC(=O)N1CCC(OCCO)(c2cc(Br)n[nH]2)C1. The zero-order valence-corrected chi connectivity index (χ0v) is 12.9. The monoisotopic (exact) mass is 346 g/mol. The van der Waals surface area contributed by atoms with Crippen LogP contribution in [0.5, 0.6) is 0 Å². The van der Waals surface area contributed by atoms with Crippen LogP contribution in [0.25, 0.3) is 0 Å². The Hall–Kier alpha value is -1.12. The molecule has 1 fully saturated rings. The molecule has 2 rings (SSSR count). The van der Waals surface area contributed by atoms with E-state index in [1.54, 1.807) is 4.90 Å². The van der Waals surface area contributed by atoms with Gasteiger partial charge in [0, 0.05) is 19.5 Å². The van der Waals surface area contributed by atoms with Crippen LogP contribution in [0.4, 0.5) is 4.79 Å². The lowest BCUT2D eigenvalue weighted by molar-refractivity contribution is -0.0563.